The van der Waals surface area contributed by atoms with Crippen molar-refractivity contribution in [2.45, 2.75) is 34.4 Å². The van der Waals surface area contributed by atoms with Gasteiger partial charge in [-0.3, -0.25) is 15.3 Å². The fourth-order valence-corrected chi connectivity index (χ4v) is 7.84. The molecule has 1 aliphatic heterocycles. The Labute approximate surface area is 215 Å². The van der Waals surface area contributed by atoms with E-state index in [1.165, 1.54) is 28.4 Å². The smallest absolute Gasteiger partial charge is 0.410 e. The van der Waals surface area contributed by atoms with Gasteiger partial charge in [-0.2, -0.15) is 4.31 Å². The summed E-state index contributed by atoms with van der Waals surface area (Å²) in [7, 11) is -4.26. The van der Waals surface area contributed by atoms with Gasteiger partial charge in [-0.25, -0.2) is 27.4 Å². The number of carbonyl (C=O) groups excluding carboxylic acids is 1. The van der Waals surface area contributed by atoms with Crippen LogP contribution in [0.2, 0.25) is 0 Å². The minimum atomic E-state index is -3.89. The van der Waals surface area contributed by atoms with E-state index in [4.69, 9.17) is 25.0 Å². The molecule has 1 aromatic carbocycles. The van der Waals surface area contributed by atoms with E-state index in [1.807, 2.05) is 0 Å². The van der Waals surface area contributed by atoms with E-state index >= 15 is 0 Å². The number of benzene rings is 1. The summed E-state index contributed by atoms with van der Waals surface area (Å²) < 4.78 is 50.5. The molecule has 1 aromatic heterocycles. The van der Waals surface area contributed by atoms with Crippen LogP contribution in [0.4, 0.5) is 4.79 Å². The van der Waals surface area contributed by atoms with E-state index < -0.39 is 38.5 Å². The molecule has 200 valence electrons. The van der Waals surface area contributed by atoms with Gasteiger partial charge in [0.05, 0.1) is 18.0 Å². The second-order valence-electron chi connectivity index (χ2n) is 7.66. The summed E-state index contributed by atoms with van der Waals surface area (Å²) in [5.41, 5.74) is 0.837. The van der Waals surface area contributed by atoms with Gasteiger partial charge in [0.2, 0.25) is 0 Å². The van der Waals surface area contributed by atoms with Crippen LogP contribution in [-0.2, 0) is 37.2 Å². The van der Waals surface area contributed by atoms with Gasteiger partial charge in [0.25, 0.3) is 10.0 Å². The van der Waals surface area contributed by atoms with E-state index in [-0.39, 0.29) is 40.4 Å². The van der Waals surface area contributed by atoms with Crippen LogP contribution in [0.25, 0.3) is 0 Å². The summed E-state index contributed by atoms with van der Waals surface area (Å²) in [6, 6.07) is 7.02. The van der Waals surface area contributed by atoms with Gasteiger partial charge in [-0.1, -0.05) is 12.1 Å². The van der Waals surface area contributed by atoms with Gasteiger partial charge >= 0.3 is 6.09 Å². The van der Waals surface area contributed by atoms with Crippen molar-refractivity contribution in [1.29, 1.82) is 0 Å². The minimum absolute atomic E-state index is 0.00655. The Bertz CT molecular complexity index is 1190. The zero-order chi connectivity index (χ0) is 26.5. The highest BCUT2D eigenvalue weighted by molar-refractivity contribution is 7.92. The first kappa shape index (κ1) is 28.6. The van der Waals surface area contributed by atoms with E-state index in [1.54, 1.807) is 25.1 Å². The fourth-order valence-electron chi connectivity index (χ4n) is 3.74. The Morgan fingerprint density at radius 3 is 2.72 bits per heavy atom. The highest BCUT2D eigenvalue weighted by Crippen LogP contribution is 2.42. The van der Waals surface area contributed by atoms with Gasteiger partial charge < -0.3 is 9.47 Å². The Kier molecular flexibility index (Phi) is 9.93. The molecule has 36 heavy (non-hydrogen) atoms. The number of likely N-dealkylation sites (N-methyl/N-ethyl adjacent to an activating group) is 1. The molecular formula is C20H28N4O9S3. The average molecular weight is 565 g/mol. The van der Waals surface area contributed by atoms with Gasteiger partial charge in [0.1, 0.15) is 25.2 Å². The van der Waals surface area contributed by atoms with Crippen LogP contribution in [0.1, 0.15) is 30.5 Å². The van der Waals surface area contributed by atoms with Crippen LogP contribution in [0.5, 0.6) is 5.75 Å². The van der Waals surface area contributed by atoms with Crippen LogP contribution in [-0.4, -0.2) is 77.1 Å². The predicted octanol–water partition coefficient (Wildman–Crippen LogP) is 1.84. The third-order valence-corrected chi connectivity index (χ3v) is 9.96. The molecule has 1 aliphatic rings. The standard InChI is InChI=1S/C20H28N4O9S3/c1-3-23(20(25)33-15-7-4-6-14(10-15)13-32-24(26)27)17-12-22(8-5-9-31-2)36(29,30)19-16(17)11-18(34-19)35(21)28/h4,6-7,10-11,17,26-27H,3,5,8-9,12-13,21H2,1-2H3/t17-,35?/m0/s1. The number of thiophene rings is 1. The van der Waals surface area contributed by atoms with Crippen molar-refractivity contribution in [3.63, 3.8) is 0 Å². The number of rotatable bonds is 11. The maximum atomic E-state index is 13.3. The maximum Gasteiger partial charge on any atom is 0.415 e. The summed E-state index contributed by atoms with van der Waals surface area (Å²) in [6.45, 7) is 2.24. The second kappa shape index (κ2) is 12.5. The van der Waals surface area contributed by atoms with Crippen molar-refractivity contribution < 1.29 is 42.1 Å². The van der Waals surface area contributed by atoms with Crippen LogP contribution in [0.3, 0.4) is 0 Å². The number of hydrogen-bond acceptors (Lipinski definition) is 11. The topological polar surface area (TPSA) is 172 Å². The molecule has 3 rings (SSSR count). The Balaban J connectivity index is 1.90. The number of carbonyl (C=O) groups is 1. The zero-order valence-electron chi connectivity index (χ0n) is 19.6. The summed E-state index contributed by atoms with van der Waals surface area (Å²) in [5, 5.41) is 22.5. The van der Waals surface area contributed by atoms with Crippen molar-refractivity contribution in [1.82, 2.24) is 14.6 Å². The third kappa shape index (κ3) is 6.65. The average Bonchev–Trinajstić information content (AvgIpc) is 3.28. The normalized spacial score (nSPS) is 18.1. The number of fused-ring (bicyclic) bond motifs is 1. The molecular weight excluding hydrogens is 536 g/mol. The first-order chi connectivity index (χ1) is 17.1. The van der Waals surface area contributed by atoms with Crippen molar-refractivity contribution >= 4 is 38.4 Å². The molecule has 1 amide bonds. The minimum Gasteiger partial charge on any atom is -0.410 e. The second-order valence-corrected chi connectivity index (χ2v) is 12.1. The SMILES string of the molecule is CCN(C(=O)Oc1cccc(CON(O)O)c1)[C@H]1CN(CCCOC)S(=O)(=O)c2sc(S(N)=O)cc21. The number of nitrogens with zero attached hydrogens (tertiary/aromatic N) is 3. The number of sulfonamides is 1. The molecule has 0 bridgehead atoms. The lowest BCUT2D eigenvalue weighted by atomic mass is 10.1. The number of ether oxygens (including phenoxy) is 2. The van der Waals surface area contributed by atoms with E-state index in [9.17, 15) is 17.4 Å². The van der Waals surface area contributed by atoms with E-state index in [0.717, 1.165) is 11.3 Å². The zero-order valence-corrected chi connectivity index (χ0v) is 22.1. The van der Waals surface area contributed by atoms with Crippen LogP contribution in [0, 0.1) is 0 Å². The Morgan fingerprint density at radius 1 is 1.33 bits per heavy atom. The van der Waals surface area contributed by atoms with E-state index in [0.29, 0.717) is 24.2 Å². The molecule has 0 radical (unpaired) electrons. The molecule has 4 N–H and O–H groups in total. The molecule has 0 aliphatic carbocycles. The van der Waals surface area contributed by atoms with Crippen LogP contribution in [0.15, 0.2) is 38.8 Å². The van der Waals surface area contributed by atoms with Crippen molar-refractivity contribution in [2.75, 3.05) is 33.4 Å². The number of hydrogen-bond donors (Lipinski definition) is 3. The first-order valence-electron chi connectivity index (χ1n) is 10.8. The lowest BCUT2D eigenvalue weighted by Crippen LogP contribution is -2.47. The molecule has 0 saturated carbocycles. The lowest BCUT2D eigenvalue weighted by molar-refractivity contribution is -0.497. The summed E-state index contributed by atoms with van der Waals surface area (Å²) in [4.78, 5) is 19.2. The van der Waals surface area contributed by atoms with Crippen molar-refractivity contribution in [3.05, 3.63) is 41.5 Å². The summed E-state index contributed by atoms with van der Waals surface area (Å²) in [5.74, 6) is 0.177. The number of methoxy groups -OCH3 is 1. The number of nitrogens with two attached hydrogens (primary N) is 1. The van der Waals surface area contributed by atoms with Gasteiger partial charge in [-0.05, 0) is 37.1 Å². The molecule has 2 heterocycles. The van der Waals surface area contributed by atoms with E-state index in [2.05, 4.69) is 4.84 Å². The predicted molar refractivity (Wildman–Crippen MR) is 128 cm³/mol. The van der Waals surface area contributed by atoms with Gasteiger partial charge in [-0.15, -0.1) is 11.3 Å². The summed E-state index contributed by atoms with van der Waals surface area (Å²) in [6.07, 6.45) is -0.279. The Hall–Kier alpha value is -1.99. The molecule has 2 atom stereocenters. The largest absolute Gasteiger partial charge is 0.415 e. The Morgan fingerprint density at radius 2 is 2.08 bits per heavy atom. The monoisotopic (exact) mass is 564 g/mol. The van der Waals surface area contributed by atoms with Crippen LogP contribution < -0.4 is 9.88 Å². The quantitative estimate of drug-likeness (QED) is 0.270. The van der Waals surface area contributed by atoms with Gasteiger partial charge in [0, 0.05) is 38.9 Å². The van der Waals surface area contributed by atoms with Gasteiger partial charge in [0.15, 0.2) is 0 Å². The first-order valence-corrected chi connectivity index (χ1v) is 14.2. The molecule has 16 heteroatoms. The van der Waals surface area contributed by atoms with Crippen molar-refractivity contribution in [2.24, 2.45) is 5.14 Å². The highest BCUT2D eigenvalue weighted by atomic mass is 32.3. The molecule has 0 saturated heterocycles. The molecule has 13 nitrogen and oxygen atoms in total. The molecule has 0 fully saturated rings. The lowest BCUT2D eigenvalue weighted by Gasteiger charge is -2.37. The van der Waals surface area contributed by atoms with Crippen molar-refractivity contribution in [3.8, 4) is 5.75 Å². The molecule has 1 unspecified atom stereocenters. The third-order valence-electron chi connectivity index (χ3n) is 5.37. The molecule has 0 spiro atoms. The fraction of sp³-hybridized carbons (Fsp3) is 0.450. The van der Waals surface area contributed by atoms with Crippen LogP contribution >= 0.6 is 11.3 Å². The maximum absolute atomic E-state index is 13.3. The summed E-state index contributed by atoms with van der Waals surface area (Å²) >= 11 is 0.827. The highest BCUT2D eigenvalue weighted by Gasteiger charge is 2.42. The molecule has 2 aromatic rings. The number of amides is 1.